The molecular formula is C11H14F3NO2. The van der Waals surface area contributed by atoms with Crippen LogP contribution in [0.3, 0.4) is 0 Å². The Morgan fingerprint density at radius 2 is 1.94 bits per heavy atom. The van der Waals surface area contributed by atoms with E-state index < -0.39 is 24.7 Å². The molecule has 1 aromatic rings. The summed E-state index contributed by atoms with van der Waals surface area (Å²) in [5.41, 5.74) is 5.70. The summed E-state index contributed by atoms with van der Waals surface area (Å²) in [5.74, 6) is -0.238. The van der Waals surface area contributed by atoms with Crippen molar-refractivity contribution in [3.8, 4) is 5.75 Å². The lowest BCUT2D eigenvalue weighted by molar-refractivity contribution is -0.153. The first-order valence-electron chi connectivity index (χ1n) is 5.01. The molecule has 4 N–H and O–H groups in total. The third kappa shape index (κ3) is 3.61. The first-order chi connectivity index (χ1) is 7.71. The Balaban J connectivity index is 2.83. The highest BCUT2D eigenvalue weighted by molar-refractivity contribution is 5.37. The summed E-state index contributed by atoms with van der Waals surface area (Å²) in [6.45, 7) is 1.71. The first-order valence-corrected chi connectivity index (χ1v) is 5.01. The van der Waals surface area contributed by atoms with Crippen LogP contribution in [0.5, 0.6) is 5.75 Å². The molecule has 17 heavy (non-hydrogen) atoms. The second kappa shape index (κ2) is 4.93. The lowest BCUT2D eigenvalue weighted by atomic mass is 9.99. The first kappa shape index (κ1) is 13.8. The quantitative estimate of drug-likeness (QED) is 0.767. The Morgan fingerprint density at radius 1 is 1.35 bits per heavy atom. The van der Waals surface area contributed by atoms with E-state index in [9.17, 15) is 23.4 Å². The van der Waals surface area contributed by atoms with Crippen LogP contribution in [-0.2, 0) is 0 Å². The molecule has 0 saturated heterocycles. The molecule has 0 bridgehead atoms. The van der Waals surface area contributed by atoms with E-state index in [-0.39, 0.29) is 11.3 Å². The smallest absolute Gasteiger partial charge is 0.403 e. The average Bonchev–Trinajstić information content (AvgIpc) is 2.20. The number of phenols is 1. The number of nitrogens with two attached hydrogens (primary N) is 1. The molecule has 0 amide bonds. The molecule has 0 unspecified atom stereocenters. The largest absolute Gasteiger partial charge is 0.508 e. The van der Waals surface area contributed by atoms with Gasteiger partial charge in [-0.05, 0) is 19.1 Å². The topological polar surface area (TPSA) is 66.5 Å². The van der Waals surface area contributed by atoms with Crippen molar-refractivity contribution in [2.75, 3.05) is 0 Å². The molecule has 0 heterocycles. The minimum Gasteiger partial charge on any atom is -0.508 e. The highest BCUT2D eigenvalue weighted by Gasteiger charge is 2.38. The van der Waals surface area contributed by atoms with Gasteiger partial charge in [0.15, 0.2) is 0 Å². The molecule has 0 spiro atoms. The third-order valence-corrected chi connectivity index (χ3v) is 2.44. The Kier molecular flexibility index (Phi) is 4.00. The second-order valence-corrected chi connectivity index (χ2v) is 3.96. The van der Waals surface area contributed by atoms with Gasteiger partial charge in [-0.3, -0.25) is 0 Å². The van der Waals surface area contributed by atoms with Gasteiger partial charge in [0.2, 0.25) is 0 Å². The van der Waals surface area contributed by atoms with E-state index in [0.29, 0.717) is 0 Å². The molecule has 0 aliphatic rings. The van der Waals surface area contributed by atoms with Gasteiger partial charge in [-0.25, -0.2) is 0 Å². The standard InChI is InChI=1S/C11H14F3NO2/c1-6-2-3-8(16)7(4-6)9(17)5-10(15)11(12,13)14/h2-4,9-10,16-17H,5,15H2,1H3/t9-,10-/m0/s1. The van der Waals surface area contributed by atoms with Crippen LogP contribution >= 0.6 is 0 Å². The van der Waals surface area contributed by atoms with Crippen molar-refractivity contribution in [1.82, 2.24) is 0 Å². The van der Waals surface area contributed by atoms with E-state index in [1.54, 1.807) is 13.0 Å². The summed E-state index contributed by atoms with van der Waals surface area (Å²) in [7, 11) is 0. The average molecular weight is 249 g/mol. The van der Waals surface area contributed by atoms with E-state index in [1.807, 2.05) is 0 Å². The predicted molar refractivity (Wildman–Crippen MR) is 56.5 cm³/mol. The van der Waals surface area contributed by atoms with Gasteiger partial charge in [0.25, 0.3) is 0 Å². The molecule has 0 fully saturated rings. The maximum Gasteiger partial charge on any atom is 0.403 e. The molecule has 3 nitrogen and oxygen atoms in total. The van der Waals surface area contributed by atoms with Crippen LogP contribution in [0, 0.1) is 6.92 Å². The zero-order valence-electron chi connectivity index (χ0n) is 9.20. The van der Waals surface area contributed by atoms with Gasteiger partial charge in [0.05, 0.1) is 6.10 Å². The van der Waals surface area contributed by atoms with Gasteiger partial charge < -0.3 is 15.9 Å². The number of aliphatic hydroxyl groups excluding tert-OH is 1. The minimum absolute atomic E-state index is 0.0599. The van der Waals surface area contributed by atoms with Crippen LogP contribution in [0.25, 0.3) is 0 Å². The van der Waals surface area contributed by atoms with Crippen molar-refractivity contribution in [2.45, 2.75) is 31.7 Å². The molecule has 0 aliphatic carbocycles. The number of aliphatic hydroxyl groups is 1. The summed E-state index contributed by atoms with van der Waals surface area (Å²) in [6.07, 6.45) is -6.67. The van der Waals surface area contributed by atoms with Crippen molar-refractivity contribution < 1.29 is 23.4 Å². The maximum atomic E-state index is 12.2. The van der Waals surface area contributed by atoms with Crippen molar-refractivity contribution in [2.24, 2.45) is 5.73 Å². The number of alkyl halides is 3. The van der Waals surface area contributed by atoms with Crippen LogP contribution in [0.15, 0.2) is 18.2 Å². The molecule has 6 heteroatoms. The fourth-order valence-corrected chi connectivity index (χ4v) is 1.44. The van der Waals surface area contributed by atoms with Gasteiger partial charge in [-0.2, -0.15) is 13.2 Å². The molecule has 1 rings (SSSR count). The predicted octanol–water partition coefficient (Wildman–Crippen LogP) is 2.01. The summed E-state index contributed by atoms with van der Waals surface area (Å²) >= 11 is 0. The number of aromatic hydroxyl groups is 1. The molecule has 0 aromatic heterocycles. The van der Waals surface area contributed by atoms with Crippen LogP contribution in [0.1, 0.15) is 23.7 Å². The summed E-state index contributed by atoms with van der Waals surface area (Å²) in [4.78, 5) is 0. The van der Waals surface area contributed by atoms with Crippen LogP contribution < -0.4 is 5.73 Å². The van der Waals surface area contributed by atoms with Crippen LogP contribution in [0.4, 0.5) is 13.2 Å². The van der Waals surface area contributed by atoms with Crippen molar-refractivity contribution >= 4 is 0 Å². The van der Waals surface area contributed by atoms with Gasteiger partial charge in [-0.1, -0.05) is 11.6 Å². The Hall–Kier alpha value is -1.27. The van der Waals surface area contributed by atoms with E-state index >= 15 is 0 Å². The van der Waals surface area contributed by atoms with Gasteiger partial charge in [0.1, 0.15) is 11.8 Å². The molecule has 1 aromatic carbocycles. The number of halogens is 3. The second-order valence-electron chi connectivity index (χ2n) is 3.96. The molecule has 0 saturated carbocycles. The Bertz CT molecular complexity index is 393. The zero-order chi connectivity index (χ0) is 13.2. The molecule has 2 atom stereocenters. The normalized spacial score (nSPS) is 15.6. The van der Waals surface area contributed by atoms with Crippen molar-refractivity contribution in [3.05, 3.63) is 29.3 Å². The summed E-state index contributed by atoms with van der Waals surface area (Å²) in [5, 5.41) is 19.1. The van der Waals surface area contributed by atoms with Gasteiger partial charge in [0, 0.05) is 12.0 Å². The highest BCUT2D eigenvalue weighted by Crippen LogP contribution is 2.31. The third-order valence-electron chi connectivity index (χ3n) is 2.44. The monoisotopic (exact) mass is 249 g/mol. The SMILES string of the molecule is Cc1ccc(O)c([C@@H](O)C[C@H](N)C(F)(F)F)c1. The summed E-state index contributed by atoms with van der Waals surface area (Å²) < 4.78 is 36.6. The van der Waals surface area contributed by atoms with Crippen molar-refractivity contribution in [1.29, 1.82) is 0 Å². The van der Waals surface area contributed by atoms with E-state index in [4.69, 9.17) is 5.73 Å². The molecular weight excluding hydrogens is 235 g/mol. The van der Waals surface area contributed by atoms with E-state index in [1.165, 1.54) is 12.1 Å². The lowest BCUT2D eigenvalue weighted by Crippen LogP contribution is -2.38. The van der Waals surface area contributed by atoms with Crippen LogP contribution in [0.2, 0.25) is 0 Å². The fraction of sp³-hybridized carbons (Fsp3) is 0.455. The fourth-order valence-electron chi connectivity index (χ4n) is 1.44. The number of hydrogen-bond donors (Lipinski definition) is 3. The van der Waals surface area contributed by atoms with Gasteiger partial charge in [-0.15, -0.1) is 0 Å². The highest BCUT2D eigenvalue weighted by atomic mass is 19.4. The molecule has 0 radical (unpaired) electrons. The zero-order valence-corrected chi connectivity index (χ0v) is 9.20. The van der Waals surface area contributed by atoms with Crippen LogP contribution in [-0.4, -0.2) is 22.4 Å². The number of hydrogen-bond acceptors (Lipinski definition) is 3. The number of phenolic OH excluding ortho intramolecular Hbond substituents is 1. The van der Waals surface area contributed by atoms with E-state index in [0.717, 1.165) is 5.56 Å². The lowest BCUT2D eigenvalue weighted by Gasteiger charge is -2.20. The minimum atomic E-state index is -4.56. The van der Waals surface area contributed by atoms with Gasteiger partial charge >= 0.3 is 6.18 Å². The summed E-state index contributed by atoms with van der Waals surface area (Å²) in [6, 6.07) is 2.24. The Morgan fingerprint density at radius 3 is 2.47 bits per heavy atom. The van der Waals surface area contributed by atoms with Crippen molar-refractivity contribution in [3.63, 3.8) is 0 Å². The number of aryl methyl sites for hydroxylation is 1. The number of benzene rings is 1. The van der Waals surface area contributed by atoms with E-state index in [2.05, 4.69) is 0 Å². The number of rotatable bonds is 3. The molecule has 0 aliphatic heterocycles. The maximum absolute atomic E-state index is 12.2. The molecule has 96 valence electrons. The Labute approximate surface area is 96.7 Å².